The van der Waals surface area contributed by atoms with Gasteiger partial charge in [-0.15, -0.1) is 0 Å². The Kier molecular flexibility index (Phi) is 5.23. The summed E-state index contributed by atoms with van der Waals surface area (Å²) in [6.07, 6.45) is 0. The van der Waals surface area contributed by atoms with Crippen molar-refractivity contribution < 1.29 is 4.79 Å². The van der Waals surface area contributed by atoms with Gasteiger partial charge >= 0.3 is 0 Å². The predicted octanol–water partition coefficient (Wildman–Crippen LogP) is 1.27. The molecule has 0 aliphatic rings. The van der Waals surface area contributed by atoms with E-state index in [1.807, 2.05) is 26.8 Å². The summed E-state index contributed by atoms with van der Waals surface area (Å²) < 4.78 is 0. The number of rotatable bonds is 5. The molecule has 1 unspecified atom stereocenters. The van der Waals surface area contributed by atoms with Crippen molar-refractivity contribution in [3.63, 3.8) is 0 Å². The number of anilines is 1. The molecule has 1 amide bonds. The zero-order valence-corrected chi connectivity index (χ0v) is 12.5. The van der Waals surface area contributed by atoms with Gasteiger partial charge in [0.15, 0.2) is 0 Å². The quantitative estimate of drug-likeness (QED) is 0.708. The Bertz CT molecular complexity index is 502. The van der Waals surface area contributed by atoms with Crippen LogP contribution in [-0.4, -0.2) is 28.5 Å². The first kappa shape index (κ1) is 15.4. The van der Waals surface area contributed by atoms with Crippen molar-refractivity contribution in [2.75, 3.05) is 11.9 Å². The minimum absolute atomic E-state index is 0.0858. The number of hydrogen-bond donors (Lipinski definition) is 3. The molecule has 0 bridgehead atoms. The third-order valence-electron chi connectivity index (χ3n) is 2.69. The van der Waals surface area contributed by atoms with E-state index in [1.54, 1.807) is 6.92 Å². The van der Waals surface area contributed by atoms with E-state index in [0.717, 1.165) is 11.3 Å². The van der Waals surface area contributed by atoms with Crippen molar-refractivity contribution in [2.45, 2.75) is 33.7 Å². The first-order valence-corrected chi connectivity index (χ1v) is 6.60. The van der Waals surface area contributed by atoms with Gasteiger partial charge in [0.2, 0.25) is 5.91 Å². The lowest BCUT2D eigenvalue weighted by molar-refractivity contribution is -0.121. The molecule has 6 heteroatoms. The number of pyridine rings is 1. The molecule has 1 rings (SSSR count). The summed E-state index contributed by atoms with van der Waals surface area (Å²) in [5.74, 6) is 0.473. The number of hydrogen-bond acceptors (Lipinski definition) is 4. The molecular weight excluding hydrogens is 260 g/mol. The van der Waals surface area contributed by atoms with Gasteiger partial charge < -0.3 is 16.4 Å². The minimum Gasteiger partial charge on any atom is -0.389 e. The molecule has 1 aromatic rings. The number of aryl methyl sites for hydroxylation is 2. The lowest BCUT2D eigenvalue weighted by Gasteiger charge is -2.18. The topological polar surface area (TPSA) is 80.0 Å². The maximum atomic E-state index is 11.7. The zero-order chi connectivity index (χ0) is 14.6. The molecule has 0 saturated carbocycles. The fourth-order valence-corrected chi connectivity index (χ4v) is 2.11. The molecule has 5 nitrogen and oxygen atoms in total. The first-order valence-electron chi connectivity index (χ1n) is 6.19. The van der Waals surface area contributed by atoms with Crippen molar-refractivity contribution >= 4 is 28.9 Å². The van der Waals surface area contributed by atoms with Gasteiger partial charge in [0.05, 0.1) is 5.56 Å². The van der Waals surface area contributed by atoms with Crippen LogP contribution in [0.1, 0.15) is 30.7 Å². The van der Waals surface area contributed by atoms with E-state index in [4.69, 9.17) is 18.0 Å². The SMILES string of the molecule is CCNC(=O)C(C)Nc1nc(C)cc(C)c1C(N)=S. The Hall–Kier alpha value is -1.69. The molecule has 19 heavy (non-hydrogen) atoms. The third-order valence-corrected chi connectivity index (χ3v) is 2.89. The largest absolute Gasteiger partial charge is 0.389 e. The highest BCUT2D eigenvalue weighted by Gasteiger charge is 2.17. The molecule has 1 aromatic heterocycles. The molecule has 0 spiro atoms. The monoisotopic (exact) mass is 280 g/mol. The highest BCUT2D eigenvalue weighted by atomic mass is 32.1. The lowest BCUT2D eigenvalue weighted by atomic mass is 10.1. The molecule has 1 atom stereocenters. The normalized spacial score (nSPS) is 11.8. The number of nitrogens with two attached hydrogens (primary N) is 1. The van der Waals surface area contributed by atoms with Gasteiger partial charge in [0.1, 0.15) is 16.8 Å². The highest BCUT2D eigenvalue weighted by molar-refractivity contribution is 7.80. The fraction of sp³-hybridized carbons (Fsp3) is 0.462. The van der Waals surface area contributed by atoms with Crippen molar-refractivity contribution in [2.24, 2.45) is 5.73 Å². The van der Waals surface area contributed by atoms with Gasteiger partial charge in [-0.25, -0.2) is 4.98 Å². The van der Waals surface area contributed by atoms with E-state index in [1.165, 1.54) is 0 Å². The van der Waals surface area contributed by atoms with Gasteiger partial charge in [-0.05, 0) is 39.3 Å². The van der Waals surface area contributed by atoms with Crippen molar-refractivity contribution in [1.82, 2.24) is 10.3 Å². The number of thiocarbonyl (C=S) groups is 1. The van der Waals surface area contributed by atoms with Crippen molar-refractivity contribution in [3.8, 4) is 0 Å². The maximum Gasteiger partial charge on any atom is 0.242 e. The van der Waals surface area contributed by atoms with E-state index in [9.17, 15) is 4.79 Å². The second-order valence-corrected chi connectivity index (χ2v) is 4.87. The average molecular weight is 280 g/mol. The Morgan fingerprint density at radius 2 is 2.16 bits per heavy atom. The Morgan fingerprint density at radius 1 is 1.53 bits per heavy atom. The number of likely N-dealkylation sites (N-methyl/N-ethyl adjacent to an activating group) is 1. The number of carbonyl (C=O) groups is 1. The molecule has 0 aliphatic heterocycles. The summed E-state index contributed by atoms with van der Waals surface area (Å²) in [5.41, 5.74) is 8.22. The van der Waals surface area contributed by atoms with E-state index in [-0.39, 0.29) is 10.9 Å². The van der Waals surface area contributed by atoms with Crippen LogP contribution in [0.4, 0.5) is 5.82 Å². The number of nitrogens with zero attached hydrogens (tertiary/aromatic N) is 1. The van der Waals surface area contributed by atoms with Gasteiger partial charge in [0.25, 0.3) is 0 Å². The summed E-state index contributed by atoms with van der Waals surface area (Å²) in [7, 11) is 0. The van der Waals surface area contributed by atoms with Crippen LogP contribution < -0.4 is 16.4 Å². The second-order valence-electron chi connectivity index (χ2n) is 4.43. The van der Waals surface area contributed by atoms with Crippen LogP contribution in [0.5, 0.6) is 0 Å². The molecule has 0 radical (unpaired) electrons. The third kappa shape index (κ3) is 3.89. The number of nitrogens with one attached hydrogen (secondary N) is 2. The Morgan fingerprint density at radius 3 is 2.68 bits per heavy atom. The molecular formula is C13H20N4OS. The molecule has 1 heterocycles. The van der Waals surface area contributed by atoms with Gasteiger partial charge in [-0.3, -0.25) is 4.79 Å². The van der Waals surface area contributed by atoms with E-state index in [2.05, 4.69) is 15.6 Å². The molecule has 0 aliphatic carbocycles. The maximum absolute atomic E-state index is 11.7. The predicted molar refractivity (Wildman–Crippen MR) is 81.4 cm³/mol. The van der Waals surface area contributed by atoms with Crippen LogP contribution in [0.2, 0.25) is 0 Å². The first-order chi connectivity index (χ1) is 8.86. The second kappa shape index (κ2) is 6.47. The smallest absolute Gasteiger partial charge is 0.242 e. The fourth-order valence-electron chi connectivity index (χ4n) is 1.85. The van der Waals surface area contributed by atoms with Crippen LogP contribution in [0.25, 0.3) is 0 Å². The summed E-state index contributed by atoms with van der Waals surface area (Å²) >= 11 is 5.05. The lowest BCUT2D eigenvalue weighted by Crippen LogP contribution is -2.38. The van der Waals surface area contributed by atoms with E-state index in [0.29, 0.717) is 17.9 Å². The molecule has 0 saturated heterocycles. The van der Waals surface area contributed by atoms with Crippen LogP contribution in [0.15, 0.2) is 6.07 Å². The van der Waals surface area contributed by atoms with Gasteiger partial charge in [-0.1, -0.05) is 12.2 Å². The minimum atomic E-state index is -0.401. The van der Waals surface area contributed by atoms with Crippen molar-refractivity contribution in [1.29, 1.82) is 0 Å². The number of aromatic nitrogens is 1. The van der Waals surface area contributed by atoms with Crippen LogP contribution in [0.3, 0.4) is 0 Å². The van der Waals surface area contributed by atoms with Crippen LogP contribution in [-0.2, 0) is 4.79 Å². The zero-order valence-electron chi connectivity index (χ0n) is 11.7. The molecule has 0 aromatic carbocycles. The molecule has 0 fully saturated rings. The summed E-state index contributed by atoms with van der Waals surface area (Å²) in [4.78, 5) is 16.4. The number of carbonyl (C=O) groups excluding carboxylic acids is 1. The summed E-state index contributed by atoms with van der Waals surface area (Å²) in [5, 5.41) is 5.82. The van der Waals surface area contributed by atoms with Crippen molar-refractivity contribution in [3.05, 3.63) is 22.9 Å². The molecule has 4 N–H and O–H groups in total. The van der Waals surface area contributed by atoms with Crippen LogP contribution in [0, 0.1) is 13.8 Å². The Balaban J connectivity index is 3.06. The van der Waals surface area contributed by atoms with E-state index < -0.39 is 6.04 Å². The molecule has 104 valence electrons. The Labute approximate surface area is 119 Å². The van der Waals surface area contributed by atoms with Gasteiger partial charge in [0, 0.05) is 12.2 Å². The van der Waals surface area contributed by atoms with Crippen LogP contribution >= 0.6 is 12.2 Å². The number of amides is 1. The van der Waals surface area contributed by atoms with E-state index >= 15 is 0 Å². The van der Waals surface area contributed by atoms with Gasteiger partial charge in [-0.2, -0.15) is 0 Å². The summed E-state index contributed by atoms with van der Waals surface area (Å²) in [6, 6.07) is 1.51. The highest BCUT2D eigenvalue weighted by Crippen LogP contribution is 2.19. The average Bonchev–Trinajstić information content (AvgIpc) is 2.27. The summed E-state index contributed by atoms with van der Waals surface area (Å²) in [6.45, 7) is 8.05. The standard InChI is InChI=1S/C13H20N4OS/c1-5-15-13(18)9(4)17-12-10(11(14)19)7(2)6-8(3)16-12/h6,9H,5H2,1-4H3,(H2,14,19)(H,15,18)(H,16,17).